The summed E-state index contributed by atoms with van der Waals surface area (Å²) < 4.78 is 7.30. The van der Waals surface area contributed by atoms with Crippen molar-refractivity contribution in [2.24, 2.45) is 4.99 Å². The van der Waals surface area contributed by atoms with Crippen LogP contribution in [0, 0.1) is 0 Å². The van der Waals surface area contributed by atoms with E-state index in [2.05, 4.69) is 28.0 Å². The van der Waals surface area contributed by atoms with Crippen LogP contribution in [0.25, 0.3) is 0 Å². The second kappa shape index (κ2) is 7.95. The van der Waals surface area contributed by atoms with Crippen LogP contribution >= 0.6 is 0 Å². The molecule has 1 aromatic heterocycles. The quantitative estimate of drug-likeness (QED) is 0.579. The van der Waals surface area contributed by atoms with Crippen LogP contribution in [0.4, 0.5) is 5.69 Å². The van der Waals surface area contributed by atoms with Gasteiger partial charge in [0.1, 0.15) is 0 Å². The minimum atomic E-state index is -0.294. The second-order valence-electron chi connectivity index (χ2n) is 6.21. The third-order valence-corrected chi connectivity index (χ3v) is 4.47. The highest BCUT2D eigenvalue weighted by molar-refractivity contribution is 5.90. The Kier molecular flexibility index (Phi) is 5.47. The van der Waals surface area contributed by atoms with Gasteiger partial charge in [-0.05, 0) is 50.1 Å². The molecule has 0 bridgehead atoms. The lowest BCUT2D eigenvalue weighted by Gasteiger charge is -2.23. The summed E-state index contributed by atoms with van der Waals surface area (Å²) in [5, 5.41) is 0. The zero-order valence-electron chi connectivity index (χ0n) is 14.1. The summed E-state index contributed by atoms with van der Waals surface area (Å²) in [4.78, 5) is 16.1. The lowest BCUT2D eigenvalue weighted by Crippen LogP contribution is -2.10. The molecular formula is C20H24N2O2. The second-order valence-corrected chi connectivity index (χ2v) is 6.21. The van der Waals surface area contributed by atoms with Gasteiger partial charge in [-0.3, -0.25) is 4.99 Å². The van der Waals surface area contributed by atoms with Crippen LogP contribution in [0.15, 0.2) is 47.7 Å². The van der Waals surface area contributed by atoms with Crippen molar-refractivity contribution in [2.75, 3.05) is 6.61 Å². The Bertz CT molecular complexity index is 695. The lowest BCUT2D eigenvalue weighted by atomic mass is 9.95. The highest BCUT2D eigenvalue weighted by Crippen LogP contribution is 2.28. The molecule has 1 aliphatic carbocycles. The Hall–Kier alpha value is -2.36. The maximum absolute atomic E-state index is 11.6. The summed E-state index contributed by atoms with van der Waals surface area (Å²) in [5.74, 6) is -0.294. The van der Waals surface area contributed by atoms with Crippen molar-refractivity contribution in [3.8, 4) is 0 Å². The van der Waals surface area contributed by atoms with E-state index in [0.29, 0.717) is 18.2 Å². The minimum Gasteiger partial charge on any atom is -0.462 e. The molecule has 4 nitrogen and oxygen atoms in total. The zero-order valence-corrected chi connectivity index (χ0v) is 14.1. The fourth-order valence-corrected chi connectivity index (χ4v) is 3.16. The van der Waals surface area contributed by atoms with E-state index in [1.165, 1.54) is 32.1 Å². The monoisotopic (exact) mass is 324 g/mol. The van der Waals surface area contributed by atoms with E-state index < -0.39 is 0 Å². The molecule has 0 saturated heterocycles. The number of ether oxygens (including phenoxy) is 1. The van der Waals surface area contributed by atoms with Crippen molar-refractivity contribution in [1.82, 2.24) is 4.57 Å². The van der Waals surface area contributed by atoms with Crippen LogP contribution in [0.5, 0.6) is 0 Å². The zero-order chi connectivity index (χ0) is 16.8. The van der Waals surface area contributed by atoms with Gasteiger partial charge < -0.3 is 9.30 Å². The topological polar surface area (TPSA) is 43.6 Å². The van der Waals surface area contributed by atoms with Gasteiger partial charge in [0.2, 0.25) is 0 Å². The Morgan fingerprint density at radius 3 is 2.67 bits per heavy atom. The summed E-state index contributed by atoms with van der Waals surface area (Å²) in [7, 11) is 0. The summed E-state index contributed by atoms with van der Waals surface area (Å²) in [6.45, 7) is 2.19. The SMILES string of the molecule is CCOC(=O)c1ccc(N=Cc2ccn(C3CCCCC3)c2)cc1. The molecule has 0 amide bonds. The lowest BCUT2D eigenvalue weighted by molar-refractivity contribution is 0.0526. The molecule has 0 unspecified atom stereocenters. The van der Waals surface area contributed by atoms with Crippen LogP contribution in [0.3, 0.4) is 0 Å². The van der Waals surface area contributed by atoms with E-state index in [9.17, 15) is 4.79 Å². The van der Waals surface area contributed by atoms with Crippen molar-refractivity contribution in [1.29, 1.82) is 0 Å². The number of aliphatic imine (C=N–C) groups is 1. The van der Waals surface area contributed by atoms with E-state index in [4.69, 9.17) is 4.74 Å². The summed E-state index contributed by atoms with van der Waals surface area (Å²) >= 11 is 0. The van der Waals surface area contributed by atoms with Gasteiger partial charge in [0.05, 0.1) is 17.9 Å². The van der Waals surface area contributed by atoms with Gasteiger partial charge in [0.15, 0.2) is 0 Å². The predicted molar refractivity (Wildman–Crippen MR) is 96.2 cm³/mol. The third kappa shape index (κ3) is 4.13. The average molecular weight is 324 g/mol. The Morgan fingerprint density at radius 1 is 1.21 bits per heavy atom. The molecule has 1 aliphatic rings. The molecule has 1 saturated carbocycles. The van der Waals surface area contributed by atoms with Crippen LogP contribution in [-0.4, -0.2) is 23.4 Å². The van der Waals surface area contributed by atoms with Crippen molar-refractivity contribution in [3.05, 3.63) is 53.9 Å². The number of carbonyl (C=O) groups is 1. The first-order chi connectivity index (χ1) is 11.8. The molecule has 126 valence electrons. The molecule has 3 rings (SSSR count). The first-order valence-electron chi connectivity index (χ1n) is 8.75. The molecule has 4 heteroatoms. The van der Waals surface area contributed by atoms with E-state index in [1.54, 1.807) is 19.1 Å². The number of hydrogen-bond donors (Lipinski definition) is 0. The summed E-state index contributed by atoms with van der Waals surface area (Å²) in [6, 6.07) is 9.91. The van der Waals surface area contributed by atoms with Crippen molar-refractivity contribution in [3.63, 3.8) is 0 Å². The van der Waals surface area contributed by atoms with Gasteiger partial charge in [-0.1, -0.05) is 19.3 Å². The van der Waals surface area contributed by atoms with Gasteiger partial charge in [-0.25, -0.2) is 4.79 Å². The van der Waals surface area contributed by atoms with Gasteiger partial charge in [0.25, 0.3) is 0 Å². The number of nitrogens with zero attached hydrogens (tertiary/aromatic N) is 2. The molecule has 1 heterocycles. The maximum atomic E-state index is 11.6. The van der Waals surface area contributed by atoms with Crippen LogP contribution < -0.4 is 0 Å². The van der Waals surface area contributed by atoms with Gasteiger partial charge in [-0.2, -0.15) is 0 Å². The number of benzene rings is 1. The van der Waals surface area contributed by atoms with E-state index in [0.717, 1.165) is 11.3 Å². The summed E-state index contributed by atoms with van der Waals surface area (Å²) in [5.41, 5.74) is 2.49. The molecular weight excluding hydrogens is 300 g/mol. The first-order valence-corrected chi connectivity index (χ1v) is 8.75. The molecule has 0 aliphatic heterocycles. The van der Waals surface area contributed by atoms with E-state index >= 15 is 0 Å². The highest BCUT2D eigenvalue weighted by atomic mass is 16.5. The van der Waals surface area contributed by atoms with E-state index in [-0.39, 0.29) is 5.97 Å². The first kappa shape index (κ1) is 16.5. The molecule has 1 aromatic carbocycles. The van der Waals surface area contributed by atoms with Crippen LogP contribution in [-0.2, 0) is 4.74 Å². The molecule has 0 N–H and O–H groups in total. The van der Waals surface area contributed by atoms with Crippen molar-refractivity contribution < 1.29 is 9.53 Å². The van der Waals surface area contributed by atoms with Crippen molar-refractivity contribution in [2.45, 2.75) is 45.1 Å². The normalized spacial score (nSPS) is 15.7. The molecule has 2 aromatic rings. The molecule has 24 heavy (non-hydrogen) atoms. The highest BCUT2D eigenvalue weighted by Gasteiger charge is 2.14. The number of hydrogen-bond acceptors (Lipinski definition) is 3. The molecule has 0 spiro atoms. The number of rotatable bonds is 5. The van der Waals surface area contributed by atoms with Crippen LogP contribution in [0.1, 0.15) is 61.0 Å². The third-order valence-electron chi connectivity index (χ3n) is 4.47. The smallest absolute Gasteiger partial charge is 0.338 e. The summed E-state index contributed by atoms with van der Waals surface area (Å²) in [6.07, 6.45) is 12.8. The number of esters is 1. The maximum Gasteiger partial charge on any atom is 0.338 e. The largest absolute Gasteiger partial charge is 0.462 e. The molecule has 1 fully saturated rings. The van der Waals surface area contributed by atoms with Crippen LogP contribution in [0.2, 0.25) is 0 Å². The Labute approximate surface area is 143 Å². The van der Waals surface area contributed by atoms with Gasteiger partial charge in [0, 0.05) is 30.2 Å². The average Bonchev–Trinajstić information content (AvgIpc) is 3.10. The predicted octanol–water partition coefficient (Wildman–Crippen LogP) is 4.92. The van der Waals surface area contributed by atoms with Gasteiger partial charge in [-0.15, -0.1) is 0 Å². The molecule has 0 atom stereocenters. The number of aromatic nitrogens is 1. The standard InChI is InChI=1S/C20H24N2O2/c1-2-24-20(23)17-8-10-18(11-9-17)21-14-16-12-13-22(15-16)19-6-4-3-5-7-19/h8-15,19H,2-7H2,1H3. The molecule has 0 radical (unpaired) electrons. The minimum absolute atomic E-state index is 0.294. The van der Waals surface area contributed by atoms with Crippen molar-refractivity contribution >= 4 is 17.9 Å². The Balaban J connectivity index is 1.63. The van der Waals surface area contributed by atoms with E-state index in [1.807, 2.05) is 18.3 Å². The fourth-order valence-electron chi connectivity index (χ4n) is 3.16. The van der Waals surface area contributed by atoms with Gasteiger partial charge >= 0.3 is 5.97 Å². The number of carbonyl (C=O) groups excluding carboxylic acids is 1. The fraction of sp³-hybridized carbons (Fsp3) is 0.400. The Morgan fingerprint density at radius 2 is 1.96 bits per heavy atom.